The fourth-order valence-electron chi connectivity index (χ4n) is 4.42. The molecule has 172 valence electrons. The van der Waals surface area contributed by atoms with Crippen LogP contribution in [-0.2, 0) is 13.1 Å². The molecule has 1 N–H and O–H groups in total. The molecular formula is C28H34N4O. The molecule has 33 heavy (non-hydrogen) atoms. The van der Waals surface area contributed by atoms with Crippen LogP contribution in [0.3, 0.4) is 0 Å². The van der Waals surface area contributed by atoms with E-state index in [4.69, 9.17) is 0 Å². The van der Waals surface area contributed by atoms with E-state index in [1.165, 1.54) is 24.8 Å². The average molecular weight is 443 g/mol. The van der Waals surface area contributed by atoms with Crippen molar-refractivity contribution in [2.24, 2.45) is 0 Å². The van der Waals surface area contributed by atoms with Crippen molar-refractivity contribution in [3.8, 4) is 0 Å². The lowest BCUT2D eigenvalue weighted by Gasteiger charge is -2.28. The smallest absolute Gasteiger partial charge is 0.258 e. The molecule has 5 nitrogen and oxygen atoms in total. The van der Waals surface area contributed by atoms with Crippen LogP contribution < -0.4 is 15.1 Å². The van der Waals surface area contributed by atoms with Crippen molar-refractivity contribution in [1.82, 2.24) is 10.3 Å². The third-order valence-electron chi connectivity index (χ3n) is 6.28. The Bertz CT molecular complexity index is 1020. The normalized spacial score (nSPS) is 15.1. The maximum atomic E-state index is 13.5. The Balaban J connectivity index is 1.65. The molecule has 0 bridgehead atoms. The number of rotatable bonds is 4. The maximum Gasteiger partial charge on any atom is 0.258 e. The van der Waals surface area contributed by atoms with Crippen molar-refractivity contribution < 1.29 is 4.79 Å². The Morgan fingerprint density at radius 1 is 0.970 bits per heavy atom. The van der Waals surface area contributed by atoms with Crippen LogP contribution >= 0.6 is 0 Å². The van der Waals surface area contributed by atoms with E-state index in [2.05, 4.69) is 64.7 Å². The number of nitrogens with zero attached hydrogens (tertiary/aromatic N) is 3. The molecule has 1 aliphatic rings. The average Bonchev–Trinajstić information content (AvgIpc) is 2.85. The van der Waals surface area contributed by atoms with Crippen LogP contribution in [0.4, 0.5) is 11.4 Å². The van der Waals surface area contributed by atoms with Gasteiger partial charge in [0.1, 0.15) is 0 Å². The van der Waals surface area contributed by atoms with Gasteiger partial charge in [-0.25, -0.2) is 0 Å². The lowest BCUT2D eigenvalue weighted by atomic mass is 10.1. The molecule has 0 unspecified atom stereocenters. The van der Waals surface area contributed by atoms with Crippen molar-refractivity contribution in [1.29, 1.82) is 0 Å². The molecule has 0 atom stereocenters. The van der Waals surface area contributed by atoms with E-state index in [1.54, 1.807) is 24.5 Å². The molecule has 0 spiro atoms. The van der Waals surface area contributed by atoms with Crippen LogP contribution in [-0.4, -0.2) is 31.0 Å². The van der Waals surface area contributed by atoms with Crippen LogP contribution in [0, 0.1) is 0 Å². The predicted molar refractivity (Wildman–Crippen MR) is 136 cm³/mol. The Labute approximate surface area is 197 Å². The van der Waals surface area contributed by atoms with Gasteiger partial charge in [0.25, 0.3) is 5.91 Å². The van der Waals surface area contributed by atoms with Gasteiger partial charge in [0.15, 0.2) is 0 Å². The number of carbonyl (C=O) groups is 1. The molecule has 3 aromatic rings. The van der Waals surface area contributed by atoms with E-state index < -0.39 is 0 Å². The zero-order chi connectivity index (χ0) is 22.9. The summed E-state index contributed by atoms with van der Waals surface area (Å²) < 4.78 is 0. The van der Waals surface area contributed by atoms with Gasteiger partial charge < -0.3 is 15.1 Å². The van der Waals surface area contributed by atoms with Gasteiger partial charge in [-0.05, 0) is 60.8 Å². The van der Waals surface area contributed by atoms with Crippen LogP contribution in [0.25, 0.3) is 0 Å². The van der Waals surface area contributed by atoms with Crippen LogP contribution in [0.15, 0.2) is 73.1 Å². The standard InChI is InChI=1S/C28H34N4O/c1-31(22-23-10-6-5-7-11-23)26-12-13-27-25(20-26)21-30-16-8-3-2-4-9-19-32(27)28(33)24-14-17-29-18-15-24/h5-7,10-15,17-18,20,30H,2-4,8-9,16,19,21-22H2,1H3. The molecule has 1 aromatic heterocycles. The topological polar surface area (TPSA) is 48.5 Å². The summed E-state index contributed by atoms with van der Waals surface area (Å²) in [5.74, 6) is 0.0427. The highest BCUT2D eigenvalue weighted by Crippen LogP contribution is 2.29. The zero-order valence-electron chi connectivity index (χ0n) is 19.5. The van der Waals surface area contributed by atoms with Gasteiger partial charge in [0, 0.05) is 56.0 Å². The third-order valence-corrected chi connectivity index (χ3v) is 6.28. The Hall–Kier alpha value is -3.18. The number of pyridine rings is 1. The number of amides is 1. The Morgan fingerprint density at radius 3 is 2.55 bits per heavy atom. The summed E-state index contributed by atoms with van der Waals surface area (Å²) in [6, 6.07) is 20.6. The molecule has 0 radical (unpaired) electrons. The molecule has 0 fully saturated rings. The first-order valence-electron chi connectivity index (χ1n) is 12.0. The molecule has 0 saturated carbocycles. The van der Waals surface area contributed by atoms with Gasteiger partial charge in [-0.3, -0.25) is 9.78 Å². The van der Waals surface area contributed by atoms with E-state index in [9.17, 15) is 4.79 Å². The molecule has 2 aromatic carbocycles. The van der Waals surface area contributed by atoms with E-state index in [1.807, 2.05) is 11.0 Å². The first-order chi connectivity index (χ1) is 16.2. The number of anilines is 2. The molecular weight excluding hydrogens is 408 g/mol. The van der Waals surface area contributed by atoms with Gasteiger partial charge in [-0.15, -0.1) is 0 Å². The highest BCUT2D eigenvalue weighted by Gasteiger charge is 2.21. The fraction of sp³-hybridized carbons (Fsp3) is 0.357. The third kappa shape index (κ3) is 6.20. The number of hydrogen-bond acceptors (Lipinski definition) is 4. The van der Waals surface area contributed by atoms with E-state index in [-0.39, 0.29) is 5.91 Å². The molecule has 0 saturated heterocycles. The second kappa shape index (κ2) is 11.6. The minimum absolute atomic E-state index is 0.0427. The highest BCUT2D eigenvalue weighted by atomic mass is 16.2. The number of hydrogen-bond donors (Lipinski definition) is 1. The summed E-state index contributed by atoms with van der Waals surface area (Å²) >= 11 is 0. The lowest BCUT2D eigenvalue weighted by molar-refractivity contribution is 0.0986. The number of nitrogens with one attached hydrogen (secondary N) is 1. The number of benzene rings is 2. The second-order valence-corrected chi connectivity index (χ2v) is 8.79. The summed E-state index contributed by atoms with van der Waals surface area (Å²) in [5, 5.41) is 3.61. The molecule has 5 heteroatoms. The summed E-state index contributed by atoms with van der Waals surface area (Å²) in [6.45, 7) is 3.32. The zero-order valence-corrected chi connectivity index (χ0v) is 19.5. The van der Waals surface area contributed by atoms with Crippen molar-refractivity contribution in [3.63, 3.8) is 0 Å². The van der Waals surface area contributed by atoms with E-state index >= 15 is 0 Å². The second-order valence-electron chi connectivity index (χ2n) is 8.79. The van der Waals surface area contributed by atoms with E-state index in [0.29, 0.717) is 5.56 Å². The van der Waals surface area contributed by atoms with Crippen LogP contribution in [0.2, 0.25) is 0 Å². The summed E-state index contributed by atoms with van der Waals surface area (Å²) in [6.07, 6.45) is 9.18. The summed E-state index contributed by atoms with van der Waals surface area (Å²) in [7, 11) is 2.12. The van der Waals surface area contributed by atoms with Gasteiger partial charge in [-0.2, -0.15) is 0 Å². The molecule has 0 aliphatic carbocycles. The molecule has 2 heterocycles. The predicted octanol–water partition coefficient (Wildman–Crippen LogP) is 5.42. The molecule has 1 aliphatic heterocycles. The monoisotopic (exact) mass is 442 g/mol. The first-order valence-corrected chi connectivity index (χ1v) is 12.0. The van der Waals surface area contributed by atoms with E-state index in [0.717, 1.165) is 56.0 Å². The van der Waals surface area contributed by atoms with Gasteiger partial charge in [0.05, 0.1) is 0 Å². The van der Waals surface area contributed by atoms with Crippen molar-refractivity contribution in [2.75, 3.05) is 29.9 Å². The molecule has 1 amide bonds. The SMILES string of the molecule is CN(Cc1ccccc1)c1ccc2c(c1)CNCCCCCCCN2C(=O)c1ccncc1. The van der Waals surface area contributed by atoms with Crippen molar-refractivity contribution in [3.05, 3.63) is 89.7 Å². The number of carbonyl (C=O) groups excluding carboxylic acids is 1. The highest BCUT2D eigenvalue weighted by molar-refractivity contribution is 6.06. The fourth-order valence-corrected chi connectivity index (χ4v) is 4.42. The van der Waals surface area contributed by atoms with Gasteiger partial charge in [0.2, 0.25) is 0 Å². The Kier molecular flexibility index (Phi) is 8.09. The van der Waals surface area contributed by atoms with Crippen molar-refractivity contribution in [2.45, 2.75) is 45.2 Å². The van der Waals surface area contributed by atoms with Crippen LogP contribution in [0.5, 0.6) is 0 Å². The summed E-state index contributed by atoms with van der Waals surface area (Å²) in [4.78, 5) is 21.8. The maximum absolute atomic E-state index is 13.5. The first kappa shape index (κ1) is 23.0. The number of aromatic nitrogens is 1. The Morgan fingerprint density at radius 2 is 1.73 bits per heavy atom. The van der Waals surface area contributed by atoms with Gasteiger partial charge in [-0.1, -0.05) is 49.6 Å². The summed E-state index contributed by atoms with van der Waals surface area (Å²) in [5.41, 5.74) is 5.28. The van der Waals surface area contributed by atoms with Crippen LogP contribution in [0.1, 0.15) is 53.6 Å². The minimum Gasteiger partial charge on any atom is -0.370 e. The minimum atomic E-state index is 0.0427. The van der Waals surface area contributed by atoms with Gasteiger partial charge >= 0.3 is 0 Å². The van der Waals surface area contributed by atoms with Crippen molar-refractivity contribution >= 4 is 17.3 Å². The largest absolute Gasteiger partial charge is 0.370 e. The number of fused-ring (bicyclic) bond motifs is 1. The molecule has 4 rings (SSSR count). The lowest BCUT2D eigenvalue weighted by Crippen LogP contribution is -2.33. The quantitative estimate of drug-likeness (QED) is 0.586.